The van der Waals surface area contributed by atoms with Crippen LogP contribution in [0.15, 0.2) is 29.2 Å². The molecule has 3 rings (SSSR count). The van der Waals surface area contributed by atoms with Gasteiger partial charge in [0.2, 0.25) is 0 Å². The van der Waals surface area contributed by atoms with E-state index >= 15 is 0 Å². The van der Waals surface area contributed by atoms with Crippen LogP contribution in [-0.2, 0) is 10.0 Å². The van der Waals surface area contributed by atoms with E-state index in [1.807, 2.05) is 0 Å². The van der Waals surface area contributed by atoms with Gasteiger partial charge in [-0.15, -0.1) is 0 Å². The summed E-state index contributed by atoms with van der Waals surface area (Å²) in [7, 11) is -3.75. The van der Waals surface area contributed by atoms with Crippen molar-refractivity contribution in [1.82, 2.24) is 9.21 Å². The van der Waals surface area contributed by atoms with Crippen LogP contribution in [0.1, 0.15) is 30.1 Å². The fraction of sp³-hybridized carbons (Fsp3) is 0.467. The minimum atomic E-state index is -3.75. The summed E-state index contributed by atoms with van der Waals surface area (Å²) in [5, 5.41) is 0. The Morgan fingerprint density at radius 1 is 1.39 bits per heavy atom. The Kier molecular flexibility index (Phi) is 4.66. The monoisotopic (exact) mass is 370 g/mol. The van der Waals surface area contributed by atoms with Crippen LogP contribution < -0.4 is 0 Å². The van der Waals surface area contributed by atoms with E-state index in [2.05, 4.69) is 11.8 Å². The van der Waals surface area contributed by atoms with Crippen LogP contribution in [0.5, 0.6) is 0 Å². The second-order valence-corrected chi connectivity index (χ2v) is 9.30. The van der Waals surface area contributed by atoms with Crippen LogP contribution in [0.25, 0.3) is 0 Å². The minimum Gasteiger partial charge on any atom is -0.357 e. The van der Waals surface area contributed by atoms with Crippen molar-refractivity contribution >= 4 is 44.2 Å². The molecule has 0 N–H and O–H groups in total. The number of hydrogen-bond donors (Lipinski definition) is 0. The van der Waals surface area contributed by atoms with E-state index in [0.717, 1.165) is 23.8 Å². The van der Waals surface area contributed by atoms with Crippen molar-refractivity contribution in [3.63, 3.8) is 0 Å². The first-order chi connectivity index (χ1) is 10.9. The SMILES string of the molecule is CC1CCCN(C(=S)SCN2C(=O)c3ccccc3S2(=O)=O)C1. The molecule has 2 aliphatic rings. The summed E-state index contributed by atoms with van der Waals surface area (Å²) in [4.78, 5) is 14.5. The standard InChI is InChI=1S/C15H18N2O3S3/c1-11-5-4-8-16(9-11)15(21)22-10-17-14(18)12-6-2-3-7-13(12)23(17,19)20/h2-3,6-7,11H,4-5,8-10H2,1H3. The van der Waals surface area contributed by atoms with Gasteiger partial charge in [-0.2, -0.15) is 0 Å². The number of piperidine rings is 1. The molecule has 1 unspecified atom stereocenters. The summed E-state index contributed by atoms with van der Waals surface area (Å²) in [5.74, 6) is 0.145. The van der Waals surface area contributed by atoms with E-state index in [1.54, 1.807) is 18.2 Å². The summed E-state index contributed by atoms with van der Waals surface area (Å²) in [6.07, 6.45) is 2.28. The number of carbonyl (C=O) groups is 1. The molecule has 2 aliphatic heterocycles. The van der Waals surface area contributed by atoms with Crippen LogP contribution in [-0.4, -0.2) is 46.8 Å². The first kappa shape index (κ1) is 16.7. The number of rotatable bonds is 2. The molecule has 23 heavy (non-hydrogen) atoms. The smallest absolute Gasteiger partial charge is 0.269 e. The van der Waals surface area contributed by atoms with Gasteiger partial charge in [-0.3, -0.25) is 4.79 Å². The molecule has 124 valence electrons. The third-order valence-corrected chi connectivity index (χ3v) is 7.59. The van der Waals surface area contributed by atoms with Gasteiger partial charge in [0.05, 0.1) is 11.4 Å². The molecule has 1 amide bonds. The Hall–Kier alpha value is -1.12. The van der Waals surface area contributed by atoms with E-state index in [0.29, 0.717) is 10.2 Å². The van der Waals surface area contributed by atoms with Gasteiger partial charge in [-0.1, -0.05) is 43.0 Å². The Balaban J connectivity index is 1.70. The van der Waals surface area contributed by atoms with Crippen molar-refractivity contribution in [2.24, 2.45) is 5.92 Å². The van der Waals surface area contributed by atoms with E-state index in [-0.39, 0.29) is 16.3 Å². The number of sulfonamides is 1. The third kappa shape index (κ3) is 3.12. The zero-order chi connectivity index (χ0) is 16.6. The summed E-state index contributed by atoms with van der Waals surface area (Å²) >= 11 is 6.66. The van der Waals surface area contributed by atoms with Crippen LogP contribution in [0, 0.1) is 5.92 Å². The number of fused-ring (bicyclic) bond motifs is 1. The first-order valence-corrected chi connectivity index (χ1v) is 10.3. The van der Waals surface area contributed by atoms with Gasteiger partial charge in [-0.05, 0) is 30.9 Å². The molecule has 0 spiro atoms. The van der Waals surface area contributed by atoms with E-state index in [4.69, 9.17) is 12.2 Å². The maximum Gasteiger partial charge on any atom is 0.269 e. The molecule has 1 saturated heterocycles. The van der Waals surface area contributed by atoms with Crippen LogP contribution >= 0.6 is 24.0 Å². The molecule has 0 radical (unpaired) electrons. The maximum atomic E-state index is 12.5. The summed E-state index contributed by atoms with van der Waals surface area (Å²) in [6, 6.07) is 6.31. The second kappa shape index (κ2) is 6.41. The zero-order valence-corrected chi connectivity index (χ0v) is 15.2. The molecule has 2 heterocycles. The topological polar surface area (TPSA) is 57.7 Å². The average Bonchev–Trinajstić information content (AvgIpc) is 2.73. The molecule has 0 aromatic heterocycles. The predicted octanol–water partition coefficient (Wildman–Crippen LogP) is 2.54. The van der Waals surface area contributed by atoms with Crippen LogP contribution in [0.2, 0.25) is 0 Å². The summed E-state index contributed by atoms with van der Waals surface area (Å²) < 4.78 is 26.5. The highest BCUT2D eigenvalue weighted by Gasteiger charge is 2.41. The fourth-order valence-corrected chi connectivity index (χ4v) is 5.89. The van der Waals surface area contributed by atoms with E-state index in [1.165, 1.54) is 24.2 Å². The molecule has 0 aliphatic carbocycles. The third-order valence-electron chi connectivity index (χ3n) is 4.13. The summed E-state index contributed by atoms with van der Waals surface area (Å²) in [5.41, 5.74) is 0.241. The van der Waals surface area contributed by atoms with Gasteiger partial charge in [0.15, 0.2) is 0 Å². The molecule has 0 bridgehead atoms. The molecule has 1 aromatic carbocycles. The van der Waals surface area contributed by atoms with Gasteiger partial charge >= 0.3 is 0 Å². The molecule has 0 saturated carbocycles. The molecule has 1 fully saturated rings. The molecule has 1 aromatic rings. The normalized spacial score (nSPS) is 23.0. The van der Waals surface area contributed by atoms with Crippen LogP contribution in [0.4, 0.5) is 0 Å². The predicted molar refractivity (Wildman–Crippen MR) is 94.8 cm³/mol. The largest absolute Gasteiger partial charge is 0.357 e. The van der Waals surface area contributed by atoms with Gasteiger partial charge in [0.1, 0.15) is 9.22 Å². The van der Waals surface area contributed by atoms with Gasteiger partial charge < -0.3 is 4.90 Å². The van der Waals surface area contributed by atoms with Gasteiger partial charge in [0, 0.05) is 13.1 Å². The number of hydrogen-bond acceptors (Lipinski definition) is 5. The summed E-state index contributed by atoms with van der Waals surface area (Å²) in [6.45, 7) is 3.98. The molecule has 8 heteroatoms. The highest BCUT2D eigenvalue weighted by Crippen LogP contribution is 2.32. The van der Waals surface area contributed by atoms with Crippen molar-refractivity contribution in [3.05, 3.63) is 29.8 Å². The van der Waals surface area contributed by atoms with Gasteiger partial charge in [-0.25, -0.2) is 12.7 Å². The number of thiocarbonyl (C=S) groups is 1. The second-order valence-electron chi connectivity index (χ2n) is 5.89. The van der Waals surface area contributed by atoms with Crippen molar-refractivity contribution in [3.8, 4) is 0 Å². The highest BCUT2D eigenvalue weighted by molar-refractivity contribution is 8.23. The number of benzene rings is 1. The van der Waals surface area contributed by atoms with Crippen molar-refractivity contribution in [2.75, 3.05) is 19.0 Å². The zero-order valence-electron chi connectivity index (χ0n) is 12.8. The average molecular weight is 371 g/mol. The Morgan fingerprint density at radius 3 is 2.83 bits per heavy atom. The molecule has 1 atom stereocenters. The number of nitrogens with zero attached hydrogens (tertiary/aromatic N) is 2. The van der Waals surface area contributed by atoms with Gasteiger partial charge in [0.25, 0.3) is 15.9 Å². The molecule has 5 nitrogen and oxygen atoms in total. The number of thioether (sulfide) groups is 1. The Labute approximate surface area is 146 Å². The van der Waals surface area contributed by atoms with Crippen molar-refractivity contribution < 1.29 is 13.2 Å². The number of likely N-dealkylation sites (tertiary alicyclic amines) is 1. The minimum absolute atomic E-state index is 0.0273. The highest BCUT2D eigenvalue weighted by atomic mass is 32.2. The lowest BCUT2D eigenvalue weighted by molar-refractivity contribution is 0.0887. The van der Waals surface area contributed by atoms with Crippen molar-refractivity contribution in [2.45, 2.75) is 24.7 Å². The first-order valence-electron chi connectivity index (χ1n) is 7.49. The number of carbonyl (C=O) groups excluding carboxylic acids is 1. The quantitative estimate of drug-likeness (QED) is 0.746. The molecular weight excluding hydrogens is 352 g/mol. The van der Waals surface area contributed by atoms with Crippen molar-refractivity contribution in [1.29, 1.82) is 0 Å². The number of amides is 1. The van der Waals surface area contributed by atoms with E-state index < -0.39 is 15.9 Å². The Bertz CT molecular complexity index is 748. The lowest BCUT2D eigenvalue weighted by atomic mass is 10.0. The van der Waals surface area contributed by atoms with Crippen LogP contribution in [0.3, 0.4) is 0 Å². The lowest BCUT2D eigenvalue weighted by Gasteiger charge is -2.32. The van der Waals surface area contributed by atoms with E-state index in [9.17, 15) is 13.2 Å². The lowest BCUT2D eigenvalue weighted by Crippen LogP contribution is -2.38. The molecular formula is C15H18N2O3S3. The Morgan fingerprint density at radius 2 is 2.13 bits per heavy atom. The maximum absolute atomic E-state index is 12.5. The fourth-order valence-electron chi connectivity index (χ4n) is 2.92.